The normalized spacial score (nSPS) is 12.8. The Labute approximate surface area is 104 Å². The van der Waals surface area contributed by atoms with Gasteiger partial charge in [0, 0.05) is 0 Å². The Morgan fingerprint density at radius 2 is 1.94 bits per heavy atom. The van der Waals surface area contributed by atoms with Crippen LogP contribution < -0.4 is 5.73 Å². The maximum atomic E-state index is 6.18. The smallest absolute Gasteiger partial charge is 0.169 e. The van der Waals surface area contributed by atoms with Crippen LogP contribution in [0.15, 0.2) is 39.4 Å². The van der Waals surface area contributed by atoms with E-state index in [2.05, 4.69) is 48.0 Å². The van der Waals surface area contributed by atoms with E-state index in [-0.39, 0.29) is 6.04 Å². The molecule has 1 heterocycles. The fourth-order valence-electron chi connectivity index (χ4n) is 1.74. The lowest BCUT2D eigenvalue weighted by molar-refractivity contribution is 0.469. The van der Waals surface area contributed by atoms with E-state index in [1.807, 2.05) is 12.1 Å². The van der Waals surface area contributed by atoms with Gasteiger partial charge in [0.15, 0.2) is 4.67 Å². The van der Waals surface area contributed by atoms with Gasteiger partial charge in [-0.05, 0) is 53.0 Å². The molecule has 16 heavy (non-hydrogen) atoms. The van der Waals surface area contributed by atoms with Crippen LogP contribution in [0.4, 0.5) is 0 Å². The van der Waals surface area contributed by atoms with Crippen molar-refractivity contribution in [1.82, 2.24) is 0 Å². The average Bonchev–Trinajstić information content (AvgIpc) is 2.67. The van der Waals surface area contributed by atoms with Crippen LogP contribution in [0.25, 0.3) is 0 Å². The molecule has 0 aliphatic rings. The maximum Gasteiger partial charge on any atom is 0.169 e. The van der Waals surface area contributed by atoms with Crippen LogP contribution in [0.1, 0.15) is 28.5 Å². The summed E-state index contributed by atoms with van der Waals surface area (Å²) in [4.78, 5) is 0. The van der Waals surface area contributed by atoms with Gasteiger partial charge in [0.25, 0.3) is 0 Å². The van der Waals surface area contributed by atoms with Gasteiger partial charge in [-0.25, -0.2) is 0 Å². The second-order valence-corrected chi connectivity index (χ2v) is 4.76. The van der Waals surface area contributed by atoms with Gasteiger partial charge in [-0.3, -0.25) is 0 Å². The Hall–Kier alpha value is -1.06. The number of halogens is 1. The number of aryl methyl sites for hydroxylation is 2. The Kier molecular flexibility index (Phi) is 3.17. The lowest BCUT2D eigenvalue weighted by Crippen LogP contribution is -2.12. The number of benzene rings is 1. The molecule has 0 aliphatic heterocycles. The summed E-state index contributed by atoms with van der Waals surface area (Å²) in [6.45, 7) is 4.13. The van der Waals surface area contributed by atoms with E-state index in [9.17, 15) is 0 Å². The van der Waals surface area contributed by atoms with Crippen molar-refractivity contribution in [1.29, 1.82) is 0 Å². The van der Waals surface area contributed by atoms with Crippen LogP contribution in [0.3, 0.4) is 0 Å². The van der Waals surface area contributed by atoms with Gasteiger partial charge >= 0.3 is 0 Å². The van der Waals surface area contributed by atoms with E-state index in [1.165, 1.54) is 11.1 Å². The molecule has 0 saturated heterocycles. The van der Waals surface area contributed by atoms with Crippen LogP contribution in [-0.4, -0.2) is 0 Å². The molecule has 2 rings (SSSR count). The largest absolute Gasteiger partial charge is 0.452 e. The molecule has 2 nitrogen and oxygen atoms in total. The highest BCUT2D eigenvalue weighted by atomic mass is 79.9. The van der Waals surface area contributed by atoms with E-state index in [0.29, 0.717) is 4.67 Å². The highest BCUT2D eigenvalue weighted by Gasteiger charge is 2.14. The number of hydrogen-bond acceptors (Lipinski definition) is 2. The van der Waals surface area contributed by atoms with Gasteiger partial charge in [-0.1, -0.05) is 23.8 Å². The summed E-state index contributed by atoms with van der Waals surface area (Å²) in [5, 5.41) is 0. The molecule has 1 unspecified atom stereocenters. The maximum absolute atomic E-state index is 6.18. The van der Waals surface area contributed by atoms with E-state index in [0.717, 1.165) is 11.3 Å². The van der Waals surface area contributed by atoms with E-state index in [4.69, 9.17) is 10.2 Å². The lowest BCUT2D eigenvalue weighted by Gasteiger charge is -2.13. The highest BCUT2D eigenvalue weighted by Crippen LogP contribution is 2.26. The molecular formula is C13H14BrNO. The van der Waals surface area contributed by atoms with Crippen molar-refractivity contribution in [3.05, 3.63) is 57.5 Å². The van der Waals surface area contributed by atoms with Gasteiger partial charge in [-0.2, -0.15) is 0 Å². The van der Waals surface area contributed by atoms with Crippen LogP contribution in [-0.2, 0) is 0 Å². The monoisotopic (exact) mass is 279 g/mol. The third kappa shape index (κ3) is 2.20. The van der Waals surface area contributed by atoms with Crippen molar-refractivity contribution in [3.8, 4) is 0 Å². The average molecular weight is 280 g/mol. The quantitative estimate of drug-likeness (QED) is 0.910. The van der Waals surface area contributed by atoms with Crippen molar-refractivity contribution in [3.63, 3.8) is 0 Å². The topological polar surface area (TPSA) is 39.2 Å². The summed E-state index contributed by atoms with van der Waals surface area (Å²) in [5.41, 5.74) is 9.69. The molecule has 84 valence electrons. The fourth-order valence-corrected chi connectivity index (χ4v) is 2.06. The minimum atomic E-state index is -0.203. The molecule has 0 aliphatic carbocycles. The summed E-state index contributed by atoms with van der Waals surface area (Å²) in [6.07, 6.45) is 0. The molecule has 0 bridgehead atoms. The molecule has 1 aromatic heterocycles. The first-order valence-corrected chi connectivity index (χ1v) is 5.95. The number of furan rings is 1. The van der Waals surface area contributed by atoms with Gasteiger partial charge in [0.2, 0.25) is 0 Å². The van der Waals surface area contributed by atoms with Gasteiger partial charge < -0.3 is 10.2 Å². The Morgan fingerprint density at radius 1 is 1.19 bits per heavy atom. The lowest BCUT2D eigenvalue weighted by atomic mass is 9.98. The molecule has 1 atom stereocenters. The molecule has 1 aromatic carbocycles. The third-order valence-corrected chi connectivity index (χ3v) is 3.10. The van der Waals surface area contributed by atoms with Crippen LogP contribution in [0.5, 0.6) is 0 Å². The van der Waals surface area contributed by atoms with Crippen LogP contribution in [0.2, 0.25) is 0 Å². The zero-order valence-corrected chi connectivity index (χ0v) is 10.9. The highest BCUT2D eigenvalue weighted by molar-refractivity contribution is 9.10. The van der Waals surface area contributed by atoms with Crippen molar-refractivity contribution in [2.75, 3.05) is 0 Å². The molecule has 0 radical (unpaired) electrons. The summed E-state index contributed by atoms with van der Waals surface area (Å²) in [5.74, 6) is 0.778. The predicted molar refractivity (Wildman–Crippen MR) is 68.4 cm³/mol. The number of hydrogen-bond donors (Lipinski definition) is 1. The second-order valence-electron chi connectivity index (χ2n) is 3.98. The molecule has 0 amide bonds. The molecule has 0 saturated carbocycles. The van der Waals surface area contributed by atoms with Gasteiger partial charge in [0.05, 0.1) is 6.04 Å². The Bertz CT molecular complexity index is 504. The SMILES string of the molecule is Cc1ccc(C)c(C(N)c2ccc(Br)o2)c1. The molecule has 0 spiro atoms. The minimum absolute atomic E-state index is 0.203. The van der Waals surface area contributed by atoms with Gasteiger partial charge in [-0.15, -0.1) is 0 Å². The summed E-state index contributed by atoms with van der Waals surface area (Å²) in [7, 11) is 0. The molecule has 0 fully saturated rings. The third-order valence-electron chi connectivity index (χ3n) is 2.67. The summed E-state index contributed by atoms with van der Waals surface area (Å²) < 4.78 is 6.20. The summed E-state index contributed by atoms with van der Waals surface area (Å²) >= 11 is 3.28. The predicted octanol–water partition coefficient (Wildman–Crippen LogP) is 3.71. The molecule has 2 aromatic rings. The zero-order chi connectivity index (χ0) is 11.7. The first-order valence-electron chi connectivity index (χ1n) is 5.16. The van der Waals surface area contributed by atoms with Crippen molar-refractivity contribution >= 4 is 15.9 Å². The summed E-state index contributed by atoms with van der Waals surface area (Å²) in [6, 6.07) is 9.84. The minimum Gasteiger partial charge on any atom is -0.452 e. The first-order chi connectivity index (χ1) is 7.58. The second kappa shape index (κ2) is 4.44. The number of rotatable bonds is 2. The fraction of sp³-hybridized carbons (Fsp3) is 0.231. The van der Waals surface area contributed by atoms with Crippen molar-refractivity contribution in [2.45, 2.75) is 19.9 Å². The van der Waals surface area contributed by atoms with Crippen LogP contribution >= 0.6 is 15.9 Å². The Balaban J connectivity index is 2.40. The standard InChI is InChI=1S/C13H14BrNO/c1-8-3-4-9(2)10(7-8)13(15)11-5-6-12(14)16-11/h3-7,13H,15H2,1-2H3. The first kappa shape index (κ1) is 11.4. The van der Waals surface area contributed by atoms with E-state index in [1.54, 1.807) is 0 Å². The van der Waals surface area contributed by atoms with Crippen molar-refractivity contribution < 1.29 is 4.42 Å². The number of nitrogens with two attached hydrogens (primary N) is 1. The molecular weight excluding hydrogens is 266 g/mol. The van der Waals surface area contributed by atoms with Crippen molar-refractivity contribution in [2.24, 2.45) is 5.73 Å². The zero-order valence-electron chi connectivity index (χ0n) is 9.33. The van der Waals surface area contributed by atoms with Gasteiger partial charge in [0.1, 0.15) is 5.76 Å². The molecule has 3 heteroatoms. The Morgan fingerprint density at radius 3 is 2.56 bits per heavy atom. The van der Waals surface area contributed by atoms with Crippen LogP contribution in [0, 0.1) is 13.8 Å². The van der Waals surface area contributed by atoms with E-state index >= 15 is 0 Å². The van der Waals surface area contributed by atoms with E-state index < -0.39 is 0 Å². The molecule has 2 N–H and O–H groups in total.